The smallest absolute Gasteiger partial charge is 0.236 e. The van der Waals surface area contributed by atoms with Crippen molar-refractivity contribution >= 4 is 34.8 Å². The number of anilines is 1. The van der Waals surface area contributed by atoms with Gasteiger partial charge in [0.05, 0.1) is 21.9 Å². The number of carbonyl (C=O) groups excluding carboxylic acids is 1. The van der Waals surface area contributed by atoms with E-state index in [1.54, 1.807) is 35.0 Å². The molecule has 0 bridgehead atoms. The van der Waals surface area contributed by atoms with E-state index in [1.807, 2.05) is 24.4 Å². The van der Waals surface area contributed by atoms with E-state index in [4.69, 9.17) is 0 Å². The van der Waals surface area contributed by atoms with Gasteiger partial charge >= 0.3 is 0 Å². The fourth-order valence-electron chi connectivity index (χ4n) is 3.13. The molecule has 4 rings (SSSR count). The van der Waals surface area contributed by atoms with Crippen LogP contribution in [0.5, 0.6) is 0 Å². The van der Waals surface area contributed by atoms with Gasteiger partial charge in [-0.05, 0) is 49.1 Å². The van der Waals surface area contributed by atoms with E-state index < -0.39 is 5.82 Å². The van der Waals surface area contributed by atoms with Gasteiger partial charge in [-0.1, -0.05) is 23.9 Å². The van der Waals surface area contributed by atoms with Gasteiger partial charge in [-0.25, -0.2) is 9.37 Å². The first kappa shape index (κ1) is 20.8. The number of nitriles is 1. The fourth-order valence-corrected chi connectivity index (χ4v) is 4.39. The molecule has 31 heavy (non-hydrogen) atoms. The highest BCUT2D eigenvalue weighted by Crippen LogP contribution is 2.30. The Morgan fingerprint density at radius 1 is 1.35 bits per heavy atom. The molecule has 0 aliphatic heterocycles. The van der Waals surface area contributed by atoms with E-state index in [0.29, 0.717) is 28.0 Å². The lowest BCUT2D eigenvalue weighted by atomic mass is 10.2. The second-order valence-corrected chi connectivity index (χ2v) is 8.53. The van der Waals surface area contributed by atoms with Crippen LogP contribution in [0, 0.1) is 31.0 Å². The largest absolute Gasteiger partial charge is 0.310 e. The van der Waals surface area contributed by atoms with Crippen molar-refractivity contribution in [1.29, 1.82) is 5.26 Å². The molecular weight excluding hydrogens is 435 g/mol. The molecule has 4 aromatic rings. The quantitative estimate of drug-likeness (QED) is 0.414. The van der Waals surface area contributed by atoms with E-state index in [1.165, 1.54) is 23.9 Å². The van der Waals surface area contributed by atoms with E-state index in [9.17, 15) is 14.4 Å². The van der Waals surface area contributed by atoms with Crippen LogP contribution in [0.4, 0.5) is 10.2 Å². The molecule has 3 aromatic heterocycles. The number of halogens is 1. The molecule has 0 spiro atoms. The number of hydrogen-bond acceptors (Lipinski definition) is 6. The number of hydrogen-bond donors (Lipinski definition) is 2. The number of nitrogens with one attached hydrogen (secondary N) is 2. The zero-order valence-electron chi connectivity index (χ0n) is 16.6. The van der Waals surface area contributed by atoms with E-state index in [2.05, 4.69) is 26.6 Å². The molecule has 0 aliphatic carbocycles. The summed E-state index contributed by atoms with van der Waals surface area (Å²) < 4.78 is 15.5. The molecule has 1 amide bonds. The van der Waals surface area contributed by atoms with Crippen LogP contribution in [0.15, 0.2) is 46.9 Å². The molecule has 3 heterocycles. The van der Waals surface area contributed by atoms with Gasteiger partial charge < -0.3 is 5.32 Å². The Balaban J connectivity index is 1.54. The van der Waals surface area contributed by atoms with Crippen LogP contribution in [0.3, 0.4) is 0 Å². The normalized spacial score (nSPS) is 10.8. The monoisotopic (exact) mass is 452 g/mol. The van der Waals surface area contributed by atoms with Crippen LogP contribution in [0.2, 0.25) is 0 Å². The van der Waals surface area contributed by atoms with Crippen molar-refractivity contribution in [2.75, 3.05) is 11.1 Å². The van der Waals surface area contributed by atoms with Crippen LogP contribution >= 0.6 is 23.1 Å². The van der Waals surface area contributed by atoms with Gasteiger partial charge in [-0.3, -0.25) is 14.5 Å². The summed E-state index contributed by atoms with van der Waals surface area (Å²) in [7, 11) is 0. The van der Waals surface area contributed by atoms with Crippen LogP contribution in [0.25, 0.3) is 16.4 Å². The lowest BCUT2D eigenvalue weighted by Crippen LogP contribution is -2.18. The first-order valence-electron chi connectivity index (χ1n) is 9.24. The van der Waals surface area contributed by atoms with Gasteiger partial charge in [0.2, 0.25) is 11.1 Å². The predicted molar refractivity (Wildman–Crippen MR) is 119 cm³/mol. The van der Waals surface area contributed by atoms with Crippen LogP contribution in [-0.2, 0) is 4.79 Å². The van der Waals surface area contributed by atoms with Crippen molar-refractivity contribution in [1.82, 2.24) is 19.7 Å². The Bertz CT molecular complexity index is 1290. The summed E-state index contributed by atoms with van der Waals surface area (Å²) in [6, 6.07) is 12.0. The molecule has 0 saturated carbocycles. The maximum absolute atomic E-state index is 13.8. The summed E-state index contributed by atoms with van der Waals surface area (Å²) in [6.45, 7) is 3.62. The number of rotatable bonds is 6. The minimum Gasteiger partial charge on any atom is -0.310 e. The van der Waals surface area contributed by atoms with Crippen LogP contribution in [-0.4, -0.2) is 31.4 Å². The molecule has 10 heteroatoms. The maximum Gasteiger partial charge on any atom is 0.236 e. The molecule has 0 aliphatic rings. The number of nitrogens with zero attached hydrogens (tertiary/aromatic N) is 4. The number of H-pyrrole nitrogens is 1. The van der Waals surface area contributed by atoms with E-state index in [-0.39, 0.29) is 11.7 Å². The van der Waals surface area contributed by atoms with Gasteiger partial charge in [0.1, 0.15) is 17.7 Å². The van der Waals surface area contributed by atoms with Gasteiger partial charge in [0, 0.05) is 5.69 Å². The highest BCUT2D eigenvalue weighted by atomic mass is 32.2. The lowest BCUT2D eigenvalue weighted by Gasteiger charge is -2.13. The summed E-state index contributed by atoms with van der Waals surface area (Å²) in [6.07, 6.45) is 0. The number of amides is 1. The summed E-state index contributed by atoms with van der Waals surface area (Å²) >= 11 is 2.72. The molecule has 2 N–H and O–H groups in total. The third kappa shape index (κ3) is 4.23. The van der Waals surface area contributed by atoms with Gasteiger partial charge in [0.15, 0.2) is 5.82 Å². The predicted octanol–water partition coefficient (Wildman–Crippen LogP) is 4.68. The molecule has 0 unspecified atom stereocenters. The van der Waals surface area contributed by atoms with E-state index >= 15 is 0 Å². The molecule has 7 nitrogen and oxygen atoms in total. The summed E-state index contributed by atoms with van der Waals surface area (Å²) in [5, 5.41) is 21.8. The Labute approximate surface area is 185 Å². The summed E-state index contributed by atoms with van der Waals surface area (Å²) in [4.78, 5) is 18.0. The number of benzene rings is 1. The minimum absolute atomic E-state index is 0.0546. The molecule has 1 aromatic carbocycles. The Hall–Kier alpha value is -3.42. The SMILES string of the molecule is Cc1c(C#N)c(NC(=O)CSc2n[nH]c(-c3cccs3)n2)n(-c2cccc(F)c2)c1C. The Kier molecular flexibility index (Phi) is 5.88. The van der Waals surface area contributed by atoms with Crippen LogP contribution in [0.1, 0.15) is 16.8 Å². The molecule has 0 atom stereocenters. The molecule has 156 valence electrons. The van der Waals surface area contributed by atoms with Crippen molar-refractivity contribution in [2.45, 2.75) is 19.0 Å². The highest BCUT2D eigenvalue weighted by Gasteiger charge is 2.21. The number of aromatic nitrogens is 4. The lowest BCUT2D eigenvalue weighted by molar-refractivity contribution is -0.113. The molecule has 0 fully saturated rings. The van der Waals surface area contributed by atoms with E-state index in [0.717, 1.165) is 16.1 Å². The molecule has 0 radical (unpaired) electrons. The third-order valence-electron chi connectivity index (χ3n) is 4.70. The molecular formula is C21H17FN6OS2. The molecule has 0 saturated heterocycles. The average molecular weight is 453 g/mol. The van der Waals surface area contributed by atoms with Crippen molar-refractivity contribution < 1.29 is 9.18 Å². The highest BCUT2D eigenvalue weighted by molar-refractivity contribution is 7.99. The number of thioether (sulfide) groups is 1. The van der Waals surface area contributed by atoms with Crippen LogP contribution < -0.4 is 5.32 Å². The average Bonchev–Trinajstić information content (AvgIpc) is 3.48. The van der Waals surface area contributed by atoms with Gasteiger partial charge in [-0.15, -0.1) is 16.4 Å². The Morgan fingerprint density at radius 2 is 2.19 bits per heavy atom. The minimum atomic E-state index is -0.402. The van der Waals surface area contributed by atoms with Gasteiger partial charge in [0.25, 0.3) is 0 Å². The number of carbonyl (C=O) groups is 1. The zero-order valence-corrected chi connectivity index (χ0v) is 18.3. The second kappa shape index (κ2) is 8.75. The van der Waals surface area contributed by atoms with Gasteiger partial charge in [-0.2, -0.15) is 5.26 Å². The third-order valence-corrected chi connectivity index (χ3v) is 6.43. The Morgan fingerprint density at radius 3 is 2.90 bits per heavy atom. The first-order chi connectivity index (χ1) is 15.0. The topological polar surface area (TPSA) is 99.4 Å². The van der Waals surface area contributed by atoms with Crippen molar-refractivity contribution in [2.24, 2.45) is 0 Å². The standard InChI is InChI=1S/C21H17FN6OS2/c1-12-13(2)28(15-6-3-5-14(22)9-15)20(16(12)10-23)24-18(29)11-31-21-25-19(26-27-21)17-7-4-8-30-17/h3-9H,11H2,1-2H3,(H,24,29)(H,25,26,27). The zero-order chi connectivity index (χ0) is 22.0. The fraction of sp³-hybridized carbons (Fsp3) is 0.143. The summed E-state index contributed by atoms with van der Waals surface area (Å²) in [5.74, 6) is 0.303. The van der Waals surface area contributed by atoms with Crippen molar-refractivity contribution in [3.05, 3.63) is 64.4 Å². The summed E-state index contributed by atoms with van der Waals surface area (Å²) in [5.41, 5.74) is 2.35. The maximum atomic E-state index is 13.8. The first-order valence-corrected chi connectivity index (χ1v) is 11.1. The van der Waals surface area contributed by atoms with Crippen molar-refractivity contribution in [3.8, 4) is 22.5 Å². The number of thiophene rings is 1. The number of aromatic amines is 1. The van der Waals surface area contributed by atoms with Crippen molar-refractivity contribution in [3.63, 3.8) is 0 Å². The second-order valence-electron chi connectivity index (χ2n) is 6.64.